The second-order valence-electron chi connectivity index (χ2n) is 10.0. The molecule has 2 aliphatic heterocycles. The number of benzene rings is 1. The van der Waals surface area contributed by atoms with Crippen molar-refractivity contribution in [3.05, 3.63) is 29.0 Å². The van der Waals surface area contributed by atoms with Crippen molar-refractivity contribution in [1.29, 1.82) is 0 Å². The van der Waals surface area contributed by atoms with E-state index < -0.39 is 0 Å². The number of fused-ring (bicyclic) bond motifs is 4. The molecule has 0 radical (unpaired) electrons. The zero-order chi connectivity index (χ0) is 20.2. The molecule has 1 aromatic heterocycles. The second kappa shape index (κ2) is 7.21. The van der Waals surface area contributed by atoms with Crippen LogP contribution in [0.4, 0.5) is 5.95 Å². The molecule has 1 aromatic carbocycles. The van der Waals surface area contributed by atoms with Gasteiger partial charge in [0.1, 0.15) is 0 Å². The molecule has 3 heterocycles. The lowest BCUT2D eigenvalue weighted by molar-refractivity contribution is -0.137. The molecule has 4 aliphatic rings. The first-order chi connectivity index (χ1) is 14.7. The maximum Gasteiger partial charge on any atom is 0.226 e. The molecular weight excluding hydrogens is 372 g/mol. The third-order valence-corrected chi connectivity index (χ3v) is 8.15. The van der Waals surface area contributed by atoms with Gasteiger partial charge in [0.15, 0.2) is 0 Å². The Morgan fingerprint density at radius 1 is 1.00 bits per heavy atom. The summed E-state index contributed by atoms with van der Waals surface area (Å²) in [6.07, 6.45) is 10.6. The molecule has 1 amide bonds. The number of hydrogen-bond acceptors (Lipinski definition) is 4. The third kappa shape index (κ3) is 3.09. The van der Waals surface area contributed by atoms with Gasteiger partial charge in [-0.15, -0.1) is 0 Å². The maximum atomic E-state index is 13.2. The van der Waals surface area contributed by atoms with E-state index in [0.717, 1.165) is 55.6 Å². The van der Waals surface area contributed by atoms with Crippen LogP contribution >= 0.6 is 0 Å². The van der Waals surface area contributed by atoms with Gasteiger partial charge in [0.2, 0.25) is 11.9 Å². The average Bonchev–Trinajstić information content (AvgIpc) is 3.34. The van der Waals surface area contributed by atoms with E-state index in [-0.39, 0.29) is 5.92 Å². The van der Waals surface area contributed by atoms with Gasteiger partial charge in [0.05, 0.1) is 11.2 Å². The minimum Gasteiger partial charge on any atom is -0.341 e. The Balaban J connectivity index is 1.17. The summed E-state index contributed by atoms with van der Waals surface area (Å²) >= 11 is 0. The molecule has 0 N–H and O–H groups in total. The van der Waals surface area contributed by atoms with Crippen LogP contribution in [-0.2, 0) is 17.6 Å². The molecule has 2 atom stereocenters. The molecule has 2 aliphatic carbocycles. The van der Waals surface area contributed by atoms with Crippen LogP contribution in [0.3, 0.4) is 0 Å². The number of nitrogens with zero attached hydrogens (tertiary/aromatic N) is 4. The number of rotatable bonds is 2. The largest absolute Gasteiger partial charge is 0.341 e. The molecule has 2 unspecified atom stereocenters. The first kappa shape index (κ1) is 18.6. The number of carbonyl (C=O) groups excluding carboxylic acids is 1. The van der Waals surface area contributed by atoms with Crippen molar-refractivity contribution in [3.8, 4) is 0 Å². The maximum absolute atomic E-state index is 13.2. The monoisotopic (exact) mass is 404 g/mol. The number of amides is 1. The quantitative estimate of drug-likeness (QED) is 0.758. The van der Waals surface area contributed by atoms with Crippen molar-refractivity contribution in [2.75, 3.05) is 24.5 Å². The van der Waals surface area contributed by atoms with Gasteiger partial charge in [-0.1, -0.05) is 6.42 Å². The third-order valence-electron chi connectivity index (χ3n) is 8.15. The van der Waals surface area contributed by atoms with Crippen molar-refractivity contribution in [1.82, 2.24) is 14.9 Å². The molecule has 2 aromatic rings. The lowest BCUT2D eigenvalue weighted by Crippen LogP contribution is -2.44. The fourth-order valence-electron chi connectivity index (χ4n) is 6.45. The van der Waals surface area contributed by atoms with Gasteiger partial charge in [0, 0.05) is 37.0 Å². The Hall–Kier alpha value is -2.17. The Labute approximate surface area is 178 Å². The zero-order valence-electron chi connectivity index (χ0n) is 18.1. The summed E-state index contributed by atoms with van der Waals surface area (Å²) in [5, 5.41) is 1.20. The van der Waals surface area contributed by atoms with Crippen molar-refractivity contribution in [2.45, 2.75) is 70.8 Å². The summed E-state index contributed by atoms with van der Waals surface area (Å²) in [7, 11) is 0. The van der Waals surface area contributed by atoms with E-state index in [1.807, 2.05) is 0 Å². The van der Waals surface area contributed by atoms with Crippen LogP contribution in [0.25, 0.3) is 10.9 Å². The molecule has 158 valence electrons. The highest BCUT2D eigenvalue weighted by atomic mass is 16.2. The minimum absolute atomic E-state index is 0.186. The number of hydrogen-bond donors (Lipinski definition) is 0. The van der Waals surface area contributed by atoms with E-state index in [9.17, 15) is 4.79 Å². The van der Waals surface area contributed by atoms with E-state index in [2.05, 4.69) is 28.9 Å². The highest BCUT2D eigenvalue weighted by Crippen LogP contribution is 2.37. The van der Waals surface area contributed by atoms with Gasteiger partial charge in [-0.05, 0) is 87.5 Å². The van der Waals surface area contributed by atoms with E-state index >= 15 is 0 Å². The van der Waals surface area contributed by atoms with Gasteiger partial charge in [-0.25, -0.2) is 9.97 Å². The van der Waals surface area contributed by atoms with E-state index in [1.54, 1.807) is 0 Å². The number of anilines is 1. The Morgan fingerprint density at radius 2 is 1.80 bits per heavy atom. The number of likely N-dealkylation sites (tertiary alicyclic amines) is 1. The van der Waals surface area contributed by atoms with Gasteiger partial charge in [-0.2, -0.15) is 0 Å². The number of aryl methyl sites for hydroxylation is 3. The van der Waals surface area contributed by atoms with Crippen LogP contribution in [0, 0.1) is 18.8 Å². The molecule has 5 heteroatoms. The van der Waals surface area contributed by atoms with Crippen LogP contribution in [0.1, 0.15) is 61.8 Å². The van der Waals surface area contributed by atoms with Crippen LogP contribution in [0.15, 0.2) is 12.1 Å². The number of carbonyl (C=O) groups is 1. The van der Waals surface area contributed by atoms with E-state index in [0.29, 0.717) is 11.9 Å². The molecular formula is C25H32N4O. The lowest BCUT2D eigenvalue weighted by Gasteiger charge is -2.35. The van der Waals surface area contributed by atoms with Crippen LogP contribution in [-0.4, -0.2) is 46.5 Å². The lowest BCUT2D eigenvalue weighted by atomic mass is 9.90. The first-order valence-electron chi connectivity index (χ1n) is 12.0. The Bertz CT molecular complexity index is 994. The smallest absolute Gasteiger partial charge is 0.226 e. The van der Waals surface area contributed by atoms with Crippen LogP contribution < -0.4 is 4.90 Å². The Morgan fingerprint density at radius 3 is 2.60 bits per heavy atom. The molecule has 0 spiro atoms. The molecule has 2 bridgehead atoms. The standard InChI is InChI=1S/C25H32N4O/c1-16-22-13-19-5-3-6-20(19)14-23(22)27-25(26-16)28-10-8-18(9-11-28)24(30)29-15-17-4-2-7-21(29)12-17/h13-14,17-18,21H,2-12,15H2,1H3. The van der Waals surface area contributed by atoms with Gasteiger partial charge < -0.3 is 9.80 Å². The van der Waals surface area contributed by atoms with Gasteiger partial charge in [0.25, 0.3) is 0 Å². The van der Waals surface area contributed by atoms with Crippen molar-refractivity contribution < 1.29 is 4.79 Å². The summed E-state index contributed by atoms with van der Waals surface area (Å²) in [6.45, 7) is 4.89. The summed E-state index contributed by atoms with van der Waals surface area (Å²) in [4.78, 5) is 27.6. The van der Waals surface area contributed by atoms with Gasteiger partial charge in [-0.3, -0.25) is 4.79 Å². The summed E-state index contributed by atoms with van der Waals surface area (Å²) in [5.74, 6) is 2.23. The fourth-order valence-corrected chi connectivity index (χ4v) is 6.45. The van der Waals surface area contributed by atoms with Crippen molar-refractivity contribution >= 4 is 22.8 Å². The minimum atomic E-state index is 0.186. The molecule has 3 fully saturated rings. The topological polar surface area (TPSA) is 49.3 Å². The molecule has 1 saturated carbocycles. The van der Waals surface area contributed by atoms with Crippen molar-refractivity contribution in [2.24, 2.45) is 11.8 Å². The van der Waals surface area contributed by atoms with E-state index in [1.165, 1.54) is 61.5 Å². The highest BCUT2D eigenvalue weighted by Gasteiger charge is 2.40. The summed E-state index contributed by atoms with van der Waals surface area (Å²) in [5.41, 5.74) is 5.10. The normalized spacial score (nSPS) is 26.4. The second-order valence-corrected chi connectivity index (χ2v) is 10.0. The van der Waals surface area contributed by atoms with Crippen LogP contribution in [0.5, 0.6) is 0 Å². The molecule has 6 rings (SSSR count). The predicted molar refractivity (Wildman–Crippen MR) is 119 cm³/mol. The predicted octanol–water partition coefficient (Wildman–Crippen LogP) is 4.04. The fraction of sp³-hybridized carbons (Fsp3) is 0.640. The number of aromatic nitrogens is 2. The first-order valence-corrected chi connectivity index (χ1v) is 12.0. The van der Waals surface area contributed by atoms with E-state index in [4.69, 9.17) is 9.97 Å². The molecule has 30 heavy (non-hydrogen) atoms. The van der Waals surface area contributed by atoms with Crippen LogP contribution in [0.2, 0.25) is 0 Å². The zero-order valence-corrected chi connectivity index (χ0v) is 18.1. The Kier molecular flexibility index (Phi) is 4.47. The number of piperidine rings is 1. The van der Waals surface area contributed by atoms with Gasteiger partial charge >= 0.3 is 0 Å². The average molecular weight is 405 g/mol. The SMILES string of the molecule is Cc1nc(N2CCC(C(=O)N3CC4CCCC3C4)CC2)nc2cc3c(cc12)CCC3. The summed E-state index contributed by atoms with van der Waals surface area (Å²) in [6, 6.07) is 5.13. The summed E-state index contributed by atoms with van der Waals surface area (Å²) < 4.78 is 0. The van der Waals surface area contributed by atoms with Crippen molar-refractivity contribution in [3.63, 3.8) is 0 Å². The molecule has 5 nitrogen and oxygen atoms in total. The molecule has 2 saturated heterocycles. The highest BCUT2D eigenvalue weighted by molar-refractivity contribution is 5.84.